The number of pyridine rings is 1. The number of methoxy groups -OCH3 is 1. The maximum atomic E-state index is 13.4. The number of carbonyl (C=O) groups excluding carboxylic acids is 2. The van der Waals surface area contributed by atoms with Crippen molar-refractivity contribution in [1.82, 2.24) is 25.5 Å². The van der Waals surface area contributed by atoms with E-state index in [2.05, 4.69) is 59.6 Å². The topological polar surface area (TPSA) is 110 Å². The van der Waals surface area contributed by atoms with E-state index < -0.39 is 0 Å². The smallest absolute Gasteiger partial charge is 0.254 e. The number of oxazole rings is 1. The molecule has 2 amide bonds. The number of likely N-dealkylation sites (tertiary alicyclic amines) is 1. The van der Waals surface area contributed by atoms with Crippen LogP contribution in [0.1, 0.15) is 94.1 Å². The number of hydrogen-bond acceptors (Lipinski definition) is 7. The Kier molecular flexibility index (Phi) is 12.3. The second kappa shape index (κ2) is 16.5. The number of amides is 2. The van der Waals surface area contributed by atoms with Crippen molar-refractivity contribution >= 4 is 11.8 Å². The Morgan fingerprint density at radius 3 is 2.49 bits per heavy atom. The predicted octanol–water partition coefficient (Wildman–Crippen LogP) is 6.39. The van der Waals surface area contributed by atoms with E-state index >= 15 is 0 Å². The van der Waals surface area contributed by atoms with Crippen LogP contribution < -0.4 is 15.4 Å². The summed E-state index contributed by atoms with van der Waals surface area (Å²) in [5.41, 5.74) is 5.27. The normalized spacial score (nSPS) is 14.2. The molecule has 1 aliphatic heterocycles. The first-order valence-corrected chi connectivity index (χ1v) is 15.6. The lowest BCUT2D eigenvalue weighted by molar-refractivity contribution is 0.0715. The molecule has 45 heavy (non-hydrogen) atoms. The van der Waals surface area contributed by atoms with Gasteiger partial charge in [0.1, 0.15) is 18.1 Å². The zero-order valence-electron chi connectivity index (χ0n) is 27.0. The van der Waals surface area contributed by atoms with E-state index in [-0.39, 0.29) is 17.9 Å². The van der Waals surface area contributed by atoms with E-state index in [1.165, 1.54) is 18.2 Å². The summed E-state index contributed by atoms with van der Waals surface area (Å²) in [4.78, 5) is 36.9. The lowest BCUT2D eigenvalue weighted by Crippen LogP contribution is -2.31. The summed E-state index contributed by atoms with van der Waals surface area (Å²) in [6, 6.07) is 17.2. The average molecular weight is 612 g/mol. The van der Waals surface area contributed by atoms with Gasteiger partial charge in [0.15, 0.2) is 0 Å². The minimum absolute atomic E-state index is 0.170. The number of aryl methyl sites for hydroxylation is 2. The van der Waals surface area contributed by atoms with Crippen LogP contribution in [0.15, 0.2) is 77.7 Å². The molecule has 1 fully saturated rings. The molecule has 4 aromatic rings. The molecule has 1 unspecified atom stereocenters. The molecule has 3 heterocycles. The summed E-state index contributed by atoms with van der Waals surface area (Å²) >= 11 is 0. The molecule has 2 aromatic carbocycles. The van der Waals surface area contributed by atoms with Gasteiger partial charge in [-0.15, -0.1) is 0 Å². The van der Waals surface area contributed by atoms with E-state index in [4.69, 9.17) is 9.15 Å². The quantitative estimate of drug-likeness (QED) is 0.189. The molecule has 2 N–H and O–H groups in total. The summed E-state index contributed by atoms with van der Waals surface area (Å²) in [6.45, 7) is 10.8. The van der Waals surface area contributed by atoms with E-state index in [0.29, 0.717) is 41.8 Å². The molecule has 1 saturated heterocycles. The van der Waals surface area contributed by atoms with E-state index in [0.717, 1.165) is 43.6 Å². The zero-order valence-corrected chi connectivity index (χ0v) is 27.0. The first-order valence-electron chi connectivity index (χ1n) is 15.6. The fourth-order valence-electron chi connectivity index (χ4n) is 5.13. The number of nitrogens with zero attached hydrogens (tertiary/aromatic N) is 3. The molecule has 0 saturated carbocycles. The van der Waals surface area contributed by atoms with Gasteiger partial charge >= 0.3 is 0 Å². The highest BCUT2D eigenvalue weighted by molar-refractivity contribution is 6.00. The van der Waals surface area contributed by atoms with Crippen molar-refractivity contribution in [1.29, 1.82) is 0 Å². The third-order valence-electron chi connectivity index (χ3n) is 7.66. The molecular formula is C36H45N5O4. The van der Waals surface area contributed by atoms with Crippen LogP contribution in [0.5, 0.6) is 5.75 Å². The molecule has 1 aliphatic rings. The zero-order chi connectivity index (χ0) is 32.2. The van der Waals surface area contributed by atoms with Crippen molar-refractivity contribution in [2.24, 2.45) is 0 Å². The van der Waals surface area contributed by atoms with Gasteiger partial charge in [-0.25, -0.2) is 4.98 Å². The third-order valence-corrected chi connectivity index (χ3v) is 7.66. The number of carbonyl (C=O) groups is 2. The fourth-order valence-corrected chi connectivity index (χ4v) is 5.13. The Balaban J connectivity index is 0.000000580. The summed E-state index contributed by atoms with van der Waals surface area (Å²) in [5.74, 6) is 1.04. The van der Waals surface area contributed by atoms with Crippen LogP contribution >= 0.6 is 0 Å². The third kappa shape index (κ3) is 9.74. The van der Waals surface area contributed by atoms with Crippen LogP contribution in [0.25, 0.3) is 0 Å². The summed E-state index contributed by atoms with van der Waals surface area (Å²) in [7, 11) is 1.53. The molecule has 238 valence electrons. The number of rotatable bonds is 11. The first-order chi connectivity index (χ1) is 21.7. The van der Waals surface area contributed by atoms with E-state index in [9.17, 15) is 9.59 Å². The van der Waals surface area contributed by atoms with Gasteiger partial charge in [0.2, 0.25) is 5.89 Å². The van der Waals surface area contributed by atoms with Crippen molar-refractivity contribution < 1.29 is 18.7 Å². The van der Waals surface area contributed by atoms with Gasteiger partial charge in [-0.05, 0) is 74.9 Å². The van der Waals surface area contributed by atoms with Crippen LogP contribution in [0.2, 0.25) is 0 Å². The molecule has 1 atom stereocenters. The van der Waals surface area contributed by atoms with Crippen molar-refractivity contribution in [3.05, 3.63) is 113 Å². The predicted molar refractivity (Wildman–Crippen MR) is 175 cm³/mol. The molecule has 0 aliphatic carbocycles. The second-order valence-electron chi connectivity index (χ2n) is 11.7. The molecule has 2 aromatic heterocycles. The molecule has 5 rings (SSSR count). The molecule has 9 heteroatoms. The monoisotopic (exact) mass is 611 g/mol. The van der Waals surface area contributed by atoms with Gasteiger partial charge in [0, 0.05) is 43.2 Å². The molecule has 9 nitrogen and oxygen atoms in total. The summed E-state index contributed by atoms with van der Waals surface area (Å²) in [6.07, 6.45) is 7.80. The summed E-state index contributed by atoms with van der Waals surface area (Å²) in [5, 5.41) is 6.35. The Hall–Kier alpha value is -4.50. The lowest BCUT2D eigenvalue weighted by atomic mass is 10.0. The van der Waals surface area contributed by atoms with Gasteiger partial charge in [0.05, 0.1) is 12.8 Å². The average Bonchev–Trinajstić information content (AvgIpc) is 3.72. The molecular weight excluding hydrogens is 566 g/mol. The SMILES string of the molecule is COc1cc(C(=O)NCCCNCc2cncc(C(C)C)c2)cc(C(=O)N2CCCC2c2nc(C)co2)c1.Cc1ccccc1. The van der Waals surface area contributed by atoms with Gasteiger partial charge in [-0.3, -0.25) is 14.6 Å². The minimum atomic E-state index is -0.243. The Morgan fingerprint density at radius 2 is 1.82 bits per heavy atom. The van der Waals surface area contributed by atoms with Crippen LogP contribution in [-0.4, -0.2) is 53.4 Å². The van der Waals surface area contributed by atoms with Gasteiger partial charge in [0.25, 0.3) is 11.8 Å². The number of hydrogen-bond donors (Lipinski definition) is 2. The number of ether oxygens (including phenoxy) is 1. The van der Waals surface area contributed by atoms with E-state index in [1.807, 2.05) is 37.5 Å². The van der Waals surface area contributed by atoms with Crippen molar-refractivity contribution in [3.63, 3.8) is 0 Å². The molecule has 0 radical (unpaired) electrons. The molecule has 0 spiro atoms. The van der Waals surface area contributed by atoms with Gasteiger partial charge in [-0.1, -0.05) is 55.8 Å². The molecule has 0 bridgehead atoms. The minimum Gasteiger partial charge on any atom is -0.497 e. The van der Waals surface area contributed by atoms with Crippen LogP contribution in [0, 0.1) is 13.8 Å². The highest BCUT2D eigenvalue weighted by atomic mass is 16.5. The number of nitrogens with one attached hydrogen (secondary N) is 2. The highest BCUT2D eigenvalue weighted by Gasteiger charge is 2.34. The van der Waals surface area contributed by atoms with Crippen molar-refractivity contribution in [2.75, 3.05) is 26.7 Å². The largest absolute Gasteiger partial charge is 0.497 e. The number of benzene rings is 2. The Bertz CT molecular complexity index is 1540. The van der Waals surface area contributed by atoms with Crippen LogP contribution in [0.3, 0.4) is 0 Å². The lowest BCUT2D eigenvalue weighted by Gasteiger charge is -2.23. The first kappa shape index (κ1) is 33.4. The van der Waals surface area contributed by atoms with Gasteiger partial charge < -0.3 is 24.7 Å². The van der Waals surface area contributed by atoms with Crippen molar-refractivity contribution in [2.45, 2.75) is 65.5 Å². The van der Waals surface area contributed by atoms with Crippen molar-refractivity contribution in [3.8, 4) is 5.75 Å². The van der Waals surface area contributed by atoms with Crippen LogP contribution in [-0.2, 0) is 6.54 Å². The highest BCUT2D eigenvalue weighted by Crippen LogP contribution is 2.33. The fraction of sp³-hybridized carbons (Fsp3) is 0.389. The van der Waals surface area contributed by atoms with E-state index in [1.54, 1.807) is 29.4 Å². The number of aromatic nitrogens is 2. The standard InChI is InChI=1S/C29H37N5O4.C7H8/c1-19(2)24-11-21(16-31-17-24)15-30-8-6-9-32-27(35)22-12-23(14-25(13-22)37-4)29(36)34-10-5-7-26(34)28-33-20(3)18-38-28;1-7-5-3-2-4-6-7/h11-14,16-19,26,30H,5-10,15H2,1-4H3,(H,32,35);2-6H,1H3. The van der Waals surface area contributed by atoms with Crippen LogP contribution in [0.4, 0.5) is 0 Å². The maximum Gasteiger partial charge on any atom is 0.254 e. The Labute approximate surface area is 266 Å². The Morgan fingerprint density at radius 1 is 1.04 bits per heavy atom. The van der Waals surface area contributed by atoms with Gasteiger partial charge in [-0.2, -0.15) is 0 Å². The second-order valence-corrected chi connectivity index (χ2v) is 11.7. The maximum absolute atomic E-state index is 13.4. The summed E-state index contributed by atoms with van der Waals surface area (Å²) < 4.78 is 11.0.